The smallest absolute Gasteiger partial charge is 0.250 e. The lowest BCUT2D eigenvalue weighted by molar-refractivity contribution is 0.100. The molecular formula is C7H8BrN3O. The van der Waals surface area contributed by atoms with Crippen molar-refractivity contribution in [3.05, 3.63) is 22.2 Å². The van der Waals surface area contributed by atoms with Gasteiger partial charge < -0.3 is 17.2 Å². The molecule has 0 heterocycles. The van der Waals surface area contributed by atoms with E-state index in [1.54, 1.807) is 6.07 Å². The molecule has 0 radical (unpaired) electrons. The van der Waals surface area contributed by atoms with Crippen LogP contribution in [-0.2, 0) is 0 Å². The standard InChI is InChI=1S/C7H8BrN3O/c8-4-2-5(9)3(7(11)12)1-6(4)10/h1-2H,9-10H2,(H2,11,12). The van der Waals surface area contributed by atoms with Crippen molar-refractivity contribution in [2.45, 2.75) is 0 Å². The molecule has 0 aliphatic heterocycles. The minimum Gasteiger partial charge on any atom is -0.398 e. The molecule has 0 aliphatic carbocycles. The van der Waals surface area contributed by atoms with Gasteiger partial charge >= 0.3 is 0 Å². The highest BCUT2D eigenvalue weighted by Gasteiger charge is 2.07. The molecule has 6 N–H and O–H groups in total. The Morgan fingerprint density at radius 1 is 1.25 bits per heavy atom. The van der Waals surface area contributed by atoms with Crippen LogP contribution >= 0.6 is 15.9 Å². The van der Waals surface area contributed by atoms with Crippen molar-refractivity contribution in [3.63, 3.8) is 0 Å². The van der Waals surface area contributed by atoms with Gasteiger partial charge in [-0.3, -0.25) is 4.79 Å². The molecule has 1 aromatic rings. The largest absolute Gasteiger partial charge is 0.398 e. The second-order valence-electron chi connectivity index (χ2n) is 2.33. The molecule has 12 heavy (non-hydrogen) atoms. The average molecular weight is 230 g/mol. The minimum absolute atomic E-state index is 0.246. The van der Waals surface area contributed by atoms with Crippen molar-refractivity contribution >= 4 is 33.2 Å². The summed E-state index contributed by atoms with van der Waals surface area (Å²) in [6.07, 6.45) is 0. The van der Waals surface area contributed by atoms with Crippen LogP contribution in [-0.4, -0.2) is 5.91 Å². The number of anilines is 2. The van der Waals surface area contributed by atoms with E-state index < -0.39 is 5.91 Å². The number of nitrogens with two attached hydrogens (primary N) is 3. The highest BCUT2D eigenvalue weighted by atomic mass is 79.9. The fourth-order valence-corrected chi connectivity index (χ4v) is 1.18. The Morgan fingerprint density at radius 2 is 1.83 bits per heavy atom. The van der Waals surface area contributed by atoms with Gasteiger partial charge in [0.2, 0.25) is 0 Å². The van der Waals surface area contributed by atoms with E-state index >= 15 is 0 Å². The molecule has 1 rings (SSSR count). The molecular weight excluding hydrogens is 222 g/mol. The molecule has 0 aromatic heterocycles. The zero-order valence-corrected chi connectivity index (χ0v) is 7.76. The number of rotatable bonds is 1. The van der Waals surface area contributed by atoms with Gasteiger partial charge in [0.25, 0.3) is 5.91 Å². The zero-order valence-electron chi connectivity index (χ0n) is 6.17. The summed E-state index contributed by atoms with van der Waals surface area (Å²) in [5, 5.41) is 0. The number of hydrogen-bond donors (Lipinski definition) is 3. The van der Waals surface area contributed by atoms with Crippen molar-refractivity contribution in [1.29, 1.82) is 0 Å². The van der Waals surface area contributed by atoms with Crippen molar-refractivity contribution in [2.75, 3.05) is 11.5 Å². The molecule has 1 amide bonds. The van der Waals surface area contributed by atoms with E-state index in [-0.39, 0.29) is 5.56 Å². The summed E-state index contributed by atoms with van der Waals surface area (Å²) in [6.45, 7) is 0. The summed E-state index contributed by atoms with van der Waals surface area (Å²) in [7, 11) is 0. The fraction of sp³-hybridized carbons (Fsp3) is 0. The molecule has 0 unspecified atom stereocenters. The highest BCUT2D eigenvalue weighted by molar-refractivity contribution is 9.10. The van der Waals surface area contributed by atoms with E-state index in [4.69, 9.17) is 17.2 Å². The van der Waals surface area contributed by atoms with Crippen molar-refractivity contribution in [3.8, 4) is 0 Å². The van der Waals surface area contributed by atoms with Gasteiger partial charge in [0.1, 0.15) is 0 Å². The third-order valence-corrected chi connectivity index (χ3v) is 2.12. The molecule has 1 aromatic carbocycles. The number of primary amides is 1. The molecule has 0 fully saturated rings. The molecule has 0 saturated carbocycles. The summed E-state index contributed by atoms with van der Waals surface area (Å²) < 4.78 is 0.657. The fourth-order valence-electron chi connectivity index (χ4n) is 0.819. The predicted octanol–water partition coefficient (Wildman–Crippen LogP) is 0.712. The summed E-state index contributed by atoms with van der Waals surface area (Å²) in [4.78, 5) is 10.8. The Balaban J connectivity index is 3.33. The molecule has 0 bridgehead atoms. The van der Waals surface area contributed by atoms with Crippen molar-refractivity contribution < 1.29 is 4.79 Å². The van der Waals surface area contributed by atoms with Crippen LogP contribution in [0.3, 0.4) is 0 Å². The molecule has 5 heteroatoms. The van der Waals surface area contributed by atoms with Crippen LogP contribution in [0.4, 0.5) is 11.4 Å². The average Bonchev–Trinajstić information content (AvgIpc) is 1.96. The first-order chi connectivity index (χ1) is 5.52. The van der Waals surface area contributed by atoms with E-state index in [9.17, 15) is 4.79 Å². The van der Waals surface area contributed by atoms with Gasteiger partial charge in [-0.2, -0.15) is 0 Å². The molecule has 4 nitrogen and oxygen atoms in total. The summed E-state index contributed by atoms with van der Waals surface area (Å²) in [6, 6.07) is 3.00. The highest BCUT2D eigenvalue weighted by Crippen LogP contribution is 2.25. The first kappa shape index (κ1) is 8.86. The molecule has 0 aliphatic rings. The third kappa shape index (κ3) is 1.50. The maximum absolute atomic E-state index is 10.8. The van der Waals surface area contributed by atoms with Gasteiger partial charge in [-0.25, -0.2) is 0 Å². The summed E-state index contributed by atoms with van der Waals surface area (Å²) >= 11 is 3.17. The second kappa shape index (κ2) is 3.02. The van der Waals surface area contributed by atoms with Gasteiger partial charge in [0.15, 0.2) is 0 Å². The maximum atomic E-state index is 10.8. The van der Waals surface area contributed by atoms with Gasteiger partial charge in [0.05, 0.1) is 5.56 Å². The van der Waals surface area contributed by atoms with Crippen LogP contribution < -0.4 is 17.2 Å². The topological polar surface area (TPSA) is 95.1 Å². The van der Waals surface area contributed by atoms with Crippen LogP contribution in [0.25, 0.3) is 0 Å². The Bertz CT molecular complexity index is 338. The molecule has 0 spiro atoms. The van der Waals surface area contributed by atoms with E-state index in [1.807, 2.05) is 0 Å². The van der Waals surface area contributed by atoms with Gasteiger partial charge in [-0.05, 0) is 28.1 Å². The maximum Gasteiger partial charge on any atom is 0.250 e. The first-order valence-electron chi connectivity index (χ1n) is 3.16. The number of nitrogen functional groups attached to an aromatic ring is 2. The lowest BCUT2D eigenvalue weighted by Gasteiger charge is -2.04. The number of halogens is 1. The normalized spacial score (nSPS) is 9.75. The number of benzene rings is 1. The van der Waals surface area contributed by atoms with Crippen molar-refractivity contribution in [2.24, 2.45) is 5.73 Å². The van der Waals surface area contributed by atoms with Crippen LogP contribution in [0, 0.1) is 0 Å². The zero-order chi connectivity index (χ0) is 9.30. The number of amides is 1. The van der Waals surface area contributed by atoms with Gasteiger partial charge in [-0.1, -0.05) is 0 Å². The molecule has 64 valence electrons. The van der Waals surface area contributed by atoms with Crippen LogP contribution in [0.1, 0.15) is 10.4 Å². The van der Waals surface area contributed by atoms with E-state index in [0.717, 1.165) is 0 Å². The monoisotopic (exact) mass is 229 g/mol. The lowest BCUT2D eigenvalue weighted by atomic mass is 10.1. The van der Waals surface area contributed by atoms with Crippen LogP contribution in [0.5, 0.6) is 0 Å². The van der Waals surface area contributed by atoms with Crippen molar-refractivity contribution in [1.82, 2.24) is 0 Å². The van der Waals surface area contributed by atoms with E-state index in [2.05, 4.69) is 15.9 Å². The predicted molar refractivity (Wildman–Crippen MR) is 51.5 cm³/mol. The van der Waals surface area contributed by atoms with E-state index in [0.29, 0.717) is 15.8 Å². The summed E-state index contributed by atoms with van der Waals surface area (Å²) in [5.74, 6) is -0.577. The number of carbonyl (C=O) groups excluding carboxylic acids is 1. The Labute approximate surface area is 77.8 Å². The Morgan fingerprint density at radius 3 is 2.33 bits per heavy atom. The number of carbonyl (C=O) groups is 1. The number of hydrogen-bond acceptors (Lipinski definition) is 3. The quantitative estimate of drug-likeness (QED) is 0.620. The molecule has 0 saturated heterocycles. The van der Waals surface area contributed by atoms with Crippen LogP contribution in [0.15, 0.2) is 16.6 Å². The lowest BCUT2D eigenvalue weighted by Crippen LogP contribution is -2.14. The van der Waals surface area contributed by atoms with Gasteiger partial charge in [0, 0.05) is 15.8 Å². The Hall–Kier alpha value is -1.23. The minimum atomic E-state index is -0.577. The summed E-state index contributed by atoms with van der Waals surface area (Å²) in [5.41, 5.74) is 17.1. The van der Waals surface area contributed by atoms with Gasteiger partial charge in [-0.15, -0.1) is 0 Å². The third-order valence-electron chi connectivity index (χ3n) is 1.43. The Kier molecular flexibility index (Phi) is 2.23. The van der Waals surface area contributed by atoms with Crippen LogP contribution in [0.2, 0.25) is 0 Å². The SMILES string of the molecule is NC(=O)c1cc(N)c(Br)cc1N. The van der Waals surface area contributed by atoms with E-state index in [1.165, 1.54) is 6.07 Å². The molecule has 0 atom stereocenters. The first-order valence-corrected chi connectivity index (χ1v) is 3.96. The second-order valence-corrected chi connectivity index (χ2v) is 3.18.